The number of benzene rings is 1. The molecule has 2 aliphatic rings. The molecule has 0 radical (unpaired) electrons. The minimum absolute atomic E-state index is 0.181. The zero-order valence-corrected chi connectivity index (χ0v) is 13.4. The van der Waals surface area contributed by atoms with Gasteiger partial charge in [-0.2, -0.15) is 0 Å². The van der Waals surface area contributed by atoms with Crippen LogP contribution in [0.4, 0.5) is 4.39 Å². The summed E-state index contributed by atoms with van der Waals surface area (Å²) in [6, 6.07) is 6.10. The van der Waals surface area contributed by atoms with E-state index in [0.29, 0.717) is 22.6 Å². The average Bonchev–Trinajstić information content (AvgIpc) is 2.75. The van der Waals surface area contributed by atoms with Crippen molar-refractivity contribution >= 4 is 11.6 Å². The highest BCUT2D eigenvalue weighted by atomic mass is 19.1. The van der Waals surface area contributed by atoms with E-state index in [0.717, 1.165) is 25.7 Å². The third kappa shape index (κ3) is 2.79. The first-order valence-electron chi connectivity index (χ1n) is 7.97. The Labute approximate surface area is 131 Å². The van der Waals surface area contributed by atoms with Crippen LogP contribution < -0.4 is 5.32 Å². The molecule has 1 aromatic rings. The number of nitrogens with zero attached hydrogens (tertiary/aromatic N) is 1. The number of hydrogen-bond donors (Lipinski definition) is 1. The molecule has 0 unspecified atom stereocenters. The first-order chi connectivity index (χ1) is 10.3. The van der Waals surface area contributed by atoms with E-state index in [1.54, 1.807) is 12.1 Å². The van der Waals surface area contributed by atoms with Crippen molar-refractivity contribution in [1.82, 2.24) is 5.32 Å². The van der Waals surface area contributed by atoms with Gasteiger partial charge >= 0.3 is 0 Å². The fourth-order valence-corrected chi connectivity index (χ4v) is 3.59. The zero-order valence-electron chi connectivity index (χ0n) is 13.4. The van der Waals surface area contributed by atoms with Gasteiger partial charge in [0.05, 0.1) is 0 Å². The molecule has 1 spiro atoms. The predicted molar refractivity (Wildman–Crippen MR) is 85.2 cm³/mol. The Morgan fingerprint density at radius 2 is 1.95 bits per heavy atom. The van der Waals surface area contributed by atoms with E-state index in [2.05, 4.69) is 31.1 Å². The minimum Gasteiger partial charge on any atom is -0.326 e. The maximum atomic E-state index is 13.4. The summed E-state index contributed by atoms with van der Waals surface area (Å²) in [5.74, 6) is 0.133. The van der Waals surface area contributed by atoms with Crippen molar-refractivity contribution in [3.05, 3.63) is 35.6 Å². The molecular weight excluding hydrogens is 279 g/mol. The summed E-state index contributed by atoms with van der Waals surface area (Å²) in [6.45, 7) is 6.80. The van der Waals surface area contributed by atoms with Crippen LogP contribution in [0.1, 0.15) is 52.0 Å². The third-order valence-corrected chi connectivity index (χ3v) is 5.02. The van der Waals surface area contributed by atoms with Crippen LogP contribution in [0.3, 0.4) is 0 Å². The van der Waals surface area contributed by atoms with Gasteiger partial charge in [-0.1, -0.05) is 32.9 Å². The maximum Gasteiger partial charge on any atom is 0.272 e. The van der Waals surface area contributed by atoms with E-state index in [9.17, 15) is 9.18 Å². The fourth-order valence-electron chi connectivity index (χ4n) is 3.59. The highest BCUT2D eigenvalue weighted by Gasteiger charge is 2.44. The Balaban J connectivity index is 1.82. The maximum absolute atomic E-state index is 13.4. The number of carbonyl (C=O) groups excluding carboxylic acids is 1. The second-order valence-corrected chi connectivity index (χ2v) is 7.60. The Morgan fingerprint density at radius 3 is 2.55 bits per heavy atom. The van der Waals surface area contributed by atoms with Gasteiger partial charge in [0.2, 0.25) is 0 Å². The number of rotatable bonds is 1. The Hall–Kier alpha value is -1.71. The number of hydrogen-bond acceptors (Lipinski definition) is 2. The highest BCUT2D eigenvalue weighted by Crippen LogP contribution is 2.43. The van der Waals surface area contributed by atoms with Crippen molar-refractivity contribution in [2.24, 2.45) is 16.3 Å². The standard InChI is InChI=1S/C18H23FN2O/c1-17(2,3)13-7-9-18(10-8-13)20-15(16(22)21-18)12-5-4-6-14(19)11-12/h4-6,11,13H,7-10H2,1-3H3,(H,21,22). The van der Waals surface area contributed by atoms with Crippen LogP contribution >= 0.6 is 0 Å². The van der Waals surface area contributed by atoms with Gasteiger partial charge in [-0.05, 0) is 49.1 Å². The largest absolute Gasteiger partial charge is 0.326 e. The average molecular weight is 302 g/mol. The second-order valence-electron chi connectivity index (χ2n) is 7.60. The van der Waals surface area contributed by atoms with Gasteiger partial charge in [0.15, 0.2) is 0 Å². The Bertz CT molecular complexity index is 622. The molecule has 0 saturated heterocycles. The number of carbonyl (C=O) groups is 1. The highest BCUT2D eigenvalue weighted by molar-refractivity contribution is 6.46. The molecule has 0 atom stereocenters. The number of amides is 1. The van der Waals surface area contributed by atoms with E-state index in [4.69, 9.17) is 0 Å². The lowest BCUT2D eigenvalue weighted by Gasteiger charge is -2.40. The molecule has 1 amide bonds. The molecule has 1 aromatic carbocycles. The van der Waals surface area contributed by atoms with Crippen molar-refractivity contribution < 1.29 is 9.18 Å². The van der Waals surface area contributed by atoms with Gasteiger partial charge < -0.3 is 5.32 Å². The van der Waals surface area contributed by atoms with Gasteiger partial charge in [-0.15, -0.1) is 0 Å². The predicted octanol–water partition coefficient (Wildman–Crippen LogP) is 3.68. The minimum atomic E-state index is -0.472. The molecule has 22 heavy (non-hydrogen) atoms. The van der Waals surface area contributed by atoms with E-state index in [-0.39, 0.29) is 11.7 Å². The van der Waals surface area contributed by atoms with E-state index in [1.165, 1.54) is 12.1 Å². The van der Waals surface area contributed by atoms with Crippen molar-refractivity contribution in [3.63, 3.8) is 0 Å². The van der Waals surface area contributed by atoms with E-state index < -0.39 is 5.66 Å². The molecule has 1 aliphatic carbocycles. The number of nitrogens with one attached hydrogen (secondary N) is 1. The number of aliphatic imine (C=N–C) groups is 1. The molecular formula is C18H23FN2O. The molecule has 1 aliphatic heterocycles. The summed E-state index contributed by atoms with van der Waals surface area (Å²) in [5, 5.41) is 3.04. The lowest BCUT2D eigenvalue weighted by atomic mass is 9.70. The zero-order chi connectivity index (χ0) is 16.0. The third-order valence-electron chi connectivity index (χ3n) is 5.02. The van der Waals surface area contributed by atoms with Gasteiger partial charge in [0.1, 0.15) is 17.2 Å². The first kappa shape index (κ1) is 15.2. The van der Waals surface area contributed by atoms with E-state index >= 15 is 0 Å². The van der Waals surface area contributed by atoms with Gasteiger partial charge in [-0.3, -0.25) is 9.79 Å². The summed E-state index contributed by atoms with van der Waals surface area (Å²) in [6.07, 6.45) is 3.84. The summed E-state index contributed by atoms with van der Waals surface area (Å²) in [4.78, 5) is 17.0. The summed E-state index contributed by atoms with van der Waals surface area (Å²) in [5.41, 5.74) is 0.751. The van der Waals surface area contributed by atoms with Crippen molar-refractivity contribution in [3.8, 4) is 0 Å². The van der Waals surface area contributed by atoms with Crippen LogP contribution in [-0.2, 0) is 4.79 Å². The molecule has 4 heteroatoms. The van der Waals surface area contributed by atoms with Crippen LogP contribution in [0, 0.1) is 17.2 Å². The fraction of sp³-hybridized carbons (Fsp3) is 0.556. The van der Waals surface area contributed by atoms with Crippen LogP contribution in [0.5, 0.6) is 0 Å². The summed E-state index contributed by atoms with van der Waals surface area (Å²) < 4.78 is 13.4. The second kappa shape index (κ2) is 5.18. The normalized spacial score (nSPS) is 28.6. The molecule has 1 fully saturated rings. The molecule has 0 bridgehead atoms. The molecule has 0 aromatic heterocycles. The van der Waals surface area contributed by atoms with Crippen LogP contribution in [0.2, 0.25) is 0 Å². The summed E-state index contributed by atoms with van der Waals surface area (Å²) in [7, 11) is 0. The van der Waals surface area contributed by atoms with Gasteiger partial charge in [-0.25, -0.2) is 4.39 Å². The molecule has 3 nitrogen and oxygen atoms in total. The van der Waals surface area contributed by atoms with Crippen molar-refractivity contribution in [2.75, 3.05) is 0 Å². The molecule has 1 heterocycles. The molecule has 3 rings (SSSR count). The summed E-state index contributed by atoms with van der Waals surface area (Å²) >= 11 is 0. The smallest absolute Gasteiger partial charge is 0.272 e. The van der Waals surface area contributed by atoms with Gasteiger partial charge in [0.25, 0.3) is 5.91 Å². The molecule has 1 saturated carbocycles. The molecule has 118 valence electrons. The lowest BCUT2D eigenvalue weighted by molar-refractivity contribution is -0.115. The topological polar surface area (TPSA) is 41.5 Å². The molecule has 1 N–H and O–H groups in total. The van der Waals surface area contributed by atoms with Crippen LogP contribution in [0.15, 0.2) is 29.3 Å². The monoisotopic (exact) mass is 302 g/mol. The van der Waals surface area contributed by atoms with Crippen LogP contribution in [0.25, 0.3) is 0 Å². The number of halogens is 1. The van der Waals surface area contributed by atoms with E-state index in [1.807, 2.05) is 0 Å². The quantitative estimate of drug-likeness (QED) is 0.845. The Kier molecular flexibility index (Phi) is 3.58. The Morgan fingerprint density at radius 1 is 1.27 bits per heavy atom. The van der Waals surface area contributed by atoms with Gasteiger partial charge in [0, 0.05) is 5.56 Å². The van der Waals surface area contributed by atoms with Crippen molar-refractivity contribution in [2.45, 2.75) is 52.1 Å². The lowest BCUT2D eigenvalue weighted by Crippen LogP contribution is -2.46. The van der Waals surface area contributed by atoms with Crippen molar-refractivity contribution in [1.29, 1.82) is 0 Å². The first-order valence-corrected chi connectivity index (χ1v) is 7.97. The SMILES string of the molecule is CC(C)(C)C1CCC2(CC1)N=C(c1cccc(F)c1)C(=O)N2. The van der Waals surface area contributed by atoms with Crippen LogP contribution in [-0.4, -0.2) is 17.3 Å².